The molecule has 0 amide bonds. The quantitative estimate of drug-likeness (QED) is 0.583. The molecule has 2 N–H and O–H groups in total. The summed E-state index contributed by atoms with van der Waals surface area (Å²) in [6, 6.07) is -0.378. The Morgan fingerprint density at radius 1 is 1.30 bits per heavy atom. The highest BCUT2D eigenvalue weighted by Gasteiger charge is 2.38. The number of hydrogen-bond acceptors (Lipinski definition) is 2. The van der Waals surface area contributed by atoms with Crippen LogP contribution in [-0.2, 0) is 0 Å². The summed E-state index contributed by atoms with van der Waals surface area (Å²) in [7, 11) is 0. The Hall–Kier alpha value is -0.290. The van der Waals surface area contributed by atoms with Gasteiger partial charge in [0.25, 0.3) is 0 Å². The minimum absolute atomic E-state index is 0.378. The lowest BCUT2D eigenvalue weighted by Crippen LogP contribution is -2.45. The number of nitrogens with one attached hydrogen (secondary N) is 1. The average molecular weight is 157 g/mol. The Labute approximate surface area is 57.0 Å². The molecule has 0 aliphatic rings. The molecule has 0 unspecified atom stereocenters. The van der Waals surface area contributed by atoms with E-state index in [1.165, 1.54) is 13.8 Å². The van der Waals surface area contributed by atoms with Crippen LogP contribution in [0.2, 0.25) is 0 Å². The Kier molecular flexibility index (Phi) is 3.11. The van der Waals surface area contributed by atoms with Crippen LogP contribution in [0.1, 0.15) is 13.8 Å². The molecule has 5 heteroatoms. The second kappa shape index (κ2) is 3.21. The zero-order valence-corrected chi connectivity index (χ0v) is 5.74. The Morgan fingerprint density at radius 3 is 1.80 bits per heavy atom. The summed E-state index contributed by atoms with van der Waals surface area (Å²) in [5.41, 5.74) is 0. The van der Waals surface area contributed by atoms with E-state index in [1.54, 1.807) is 0 Å². The lowest BCUT2D eigenvalue weighted by Gasteiger charge is -2.17. The third-order valence-electron chi connectivity index (χ3n) is 0.801. The van der Waals surface area contributed by atoms with Gasteiger partial charge in [0.2, 0.25) is 6.23 Å². The van der Waals surface area contributed by atoms with Crippen LogP contribution in [0.4, 0.5) is 13.2 Å². The Bertz CT molecular complexity index is 102. The number of alkyl halides is 3. The summed E-state index contributed by atoms with van der Waals surface area (Å²) in [5.74, 6) is 0. The summed E-state index contributed by atoms with van der Waals surface area (Å²) in [4.78, 5) is 0. The fourth-order valence-corrected chi connectivity index (χ4v) is 0.410. The summed E-state index contributed by atoms with van der Waals surface area (Å²) >= 11 is 0. The monoisotopic (exact) mass is 157 g/mol. The lowest BCUT2D eigenvalue weighted by molar-refractivity contribution is -0.215. The molecule has 0 fully saturated rings. The summed E-state index contributed by atoms with van der Waals surface area (Å²) in [5, 5.41) is 10.2. The summed E-state index contributed by atoms with van der Waals surface area (Å²) in [6.07, 6.45) is -6.97. The van der Waals surface area contributed by atoms with Gasteiger partial charge in [0.1, 0.15) is 0 Å². The van der Waals surface area contributed by atoms with Crippen LogP contribution in [0.5, 0.6) is 0 Å². The van der Waals surface area contributed by atoms with Crippen molar-refractivity contribution in [3.8, 4) is 0 Å². The number of hydrogen-bond donors (Lipinski definition) is 2. The molecule has 62 valence electrons. The highest BCUT2D eigenvalue weighted by atomic mass is 19.4. The van der Waals surface area contributed by atoms with Crippen molar-refractivity contribution in [2.24, 2.45) is 0 Å². The molecule has 0 aromatic rings. The molecule has 0 aliphatic carbocycles. The first-order chi connectivity index (χ1) is 4.34. The highest BCUT2D eigenvalue weighted by Crippen LogP contribution is 2.18. The van der Waals surface area contributed by atoms with Crippen molar-refractivity contribution in [2.45, 2.75) is 32.3 Å². The van der Waals surface area contributed by atoms with Gasteiger partial charge in [0.05, 0.1) is 0 Å². The molecule has 0 aliphatic heterocycles. The van der Waals surface area contributed by atoms with Crippen LogP contribution in [0, 0.1) is 0 Å². The van der Waals surface area contributed by atoms with Gasteiger partial charge >= 0.3 is 6.18 Å². The molecule has 2 nitrogen and oxygen atoms in total. The molecular weight excluding hydrogens is 147 g/mol. The molecule has 0 heterocycles. The van der Waals surface area contributed by atoms with E-state index in [4.69, 9.17) is 5.11 Å². The highest BCUT2D eigenvalue weighted by molar-refractivity contribution is 4.64. The van der Waals surface area contributed by atoms with Crippen molar-refractivity contribution in [3.05, 3.63) is 0 Å². The van der Waals surface area contributed by atoms with Gasteiger partial charge in [-0.05, 0) is 13.8 Å². The zero-order chi connectivity index (χ0) is 8.36. The third kappa shape index (κ3) is 3.68. The van der Waals surface area contributed by atoms with E-state index in [1.807, 2.05) is 5.32 Å². The molecule has 0 aromatic carbocycles. The minimum atomic E-state index is -4.57. The van der Waals surface area contributed by atoms with Gasteiger partial charge in [0, 0.05) is 6.04 Å². The molecule has 0 saturated carbocycles. The lowest BCUT2D eigenvalue weighted by atomic mass is 10.4. The van der Waals surface area contributed by atoms with Crippen LogP contribution in [-0.4, -0.2) is 23.6 Å². The molecule has 0 saturated heterocycles. The third-order valence-corrected chi connectivity index (χ3v) is 0.801. The van der Waals surface area contributed by atoms with Crippen molar-refractivity contribution in [2.75, 3.05) is 0 Å². The average Bonchev–Trinajstić information content (AvgIpc) is 1.60. The van der Waals surface area contributed by atoms with E-state index >= 15 is 0 Å². The number of rotatable bonds is 2. The van der Waals surface area contributed by atoms with Gasteiger partial charge in [0.15, 0.2) is 0 Å². The zero-order valence-electron chi connectivity index (χ0n) is 5.74. The van der Waals surface area contributed by atoms with Crippen molar-refractivity contribution >= 4 is 0 Å². The Balaban J connectivity index is 3.73. The van der Waals surface area contributed by atoms with Crippen molar-refractivity contribution in [1.29, 1.82) is 0 Å². The van der Waals surface area contributed by atoms with Gasteiger partial charge in [-0.15, -0.1) is 0 Å². The molecule has 0 aromatic heterocycles. The maximum absolute atomic E-state index is 11.5. The van der Waals surface area contributed by atoms with Crippen molar-refractivity contribution in [1.82, 2.24) is 5.32 Å². The molecule has 0 radical (unpaired) electrons. The Morgan fingerprint density at radius 2 is 1.70 bits per heavy atom. The van der Waals surface area contributed by atoms with Crippen LogP contribution < -0.4 is 5.32 Å². The summed E-state index contributed by atoms with van der Waals surface area (Å²) < 4.78 is 34.5. The first kappa shape index (κ1) is 9.71. The molecule has 10 heavy (non-hydrogen) atoms. The molecule has 0 spiro atoms. The number of aliphatic hydroxyl groups is 1. The van der Waals surface area contributed by atoms with Gasteiger partial charge in [-0.25, -0.2) is 0 Å². The van der Waals surface area contributed by atoms with Crippen LogP contribution in [0.15, 0.2) is 0 Å². The molecule has 0 bridgehead atoms. The topological polar surface area (TPSA) is 32.3 Å². The predicted molar refractivity (Wildman–Crippen MR) is 30.3 cm³/mol. The van der Waals surface area contributed by atoms with E-state index in [9.17, 15) is 13.2 Å². The summed E-state index contributed by atoms with van der Waals surface area (Å²) in [6.45, 7) is 3.05. The van der Waals surface area contributed by atoms with E-state index in [0.717, 1.165) is 0 Å². The second-order valence-electron chi connectivity index (χ2n) is 2.27. The van der Waals surface area contributed by atoms with Gasteiger partial charge in [-0.1, -0.05) is 0 Å². The van der Waals surface area contributed by atoms with E-state index in [0.29, 0.717) is 0 Å². The fraction of sp³-hybridized carbons (Fsp3) is 1.00. The maximum Gasteiger partial charge on any atom is 0.427 e. The van der Waals surface area contributed by atoms with E-state index < -0.39 is 12.4 Å². The predicted octanol–water partition coefficient (Wildman–Crippen LogP) is 0.865. The van der Waals surface area contributed by atoms with E-state index in [2.05, 4.69) is 0 Å². The van der Waals surface area contributed by atoms with Crippen LogP contribution >= 0.6 is 0 Å². The molecule has 1 atom stereocenters. The molecular formula is C5H10F3NO. The second-order valence-corrected chi connectivity index (χ2v) is 2.27. The number of halogens is 3. The maximum atomic E-state index is 11.5. The van der Waals surface area contributed by atoms with Crippen LogP contribution in [0.3, 0.4) is 0 Å². The standard InChI is InChI=1S/C5H10F3NO/c1-3(2)9-4(10)5(6,7)8/h3-4,9-10H,1-2H3/t4-/m0/s1. The van der Waals surface area contributed by atoms with Crippen LogP contribution in [0.25, 0.3) is 0 Å². The largest absolute Gasteiger partial charge is 0.427 e. The fourth-order valence-electron chi connectivity index (χ4n) is 0.410. The molecule has 0 rings (SSSR count). The van der Waals surface area contributed by atoms with Gasteiger partial charge < -0.3 is 5.11 Å². The van der Waals surface area contributed by atoms with Gasteiger partial charge in [-0.2, -0.15) is 13.2 Å². The smallest absolute Gasteiger partial charge is 0.370 e. The normalized spacial score (nSPS) is 15.9. The van der Waals surface area contributed by atoms with Gasteiger partial charge in [-0.3, -0.25) is 5.32 Å². The SMILES string of the molecule is CC(C)N[C@@H](O)C(F)(F)F. The number of aliphatic hydroxyl groups excluding tert-OH is 1. The van der Waals surface area contributed by atoms with Crippen molar-refractivity contribution < 1.29 is 18.3 Å². The van der Waals surface area contributed by atoms with E-state index in [-0.39, 0.29) is 6.04 Å². The first-order valence-corrected chi connectivity index (χ1v) is 2.85. The van der Waals surface area contributed by atoms with Crippen molar-refractivity contribution in [3.63, 3.8) is 0 Å². The first-order valence-electron chi connectivity index (χ1n) is 2.85. The minimum Gasteiger partial charge on any atom is -0.370 e.